The maximum Gasteiger partial charge on any atom is 0.117 e. The van der Waals surface area contributed by atoms with Gasteiger partial charge in [0.1, 0.15) is 10.6 Å². The fourth-order valence-electron chi connectivity index (χ4n) is 1.49. The van der Waals surface area contributed by atoms with Crippen molar-refractivity contribution in [1.29, 1.82) is 0 Å². The number of alkyl halides is 1. The molecule has 1 atom stereocenters. The van der Waals surface area contributed by atoms with Crippen molar-refractivity contribution < 1.29 is 10.2 Å². The first-order chi connectivity index (χ1) is 6.60. The van der Waals surface area contributed by atoms with Crippen LogP contribution in [0.3, 0.4) is 0 Å². The molecule has 1 aromatic rings. The van der Waals surface area contributed by atoms with Crippen LogP contribution < -0.4 is 0 Å². The highest BCUT2D eigenvalue weighted by Crippen LogP contribution is 2.42. The Labute approximate surface area is 90.8 Å². The minimum Gasteiger partial charge on any atom is -0.512 e. The largest absolute Gasteiger partial charge is 0.512 e. The second kappa shape index (κ2) is 3.33. The molecule has 2 nitrogen and oxygen atoms in total. The fraction of sp³-hybridized carbons (Fsp3) is 0.200. The van der Waals surface area contributed by atoms with E-state index in [1.54, 1.807) is 6.08 Å². The number of hydrogen-bond acceptors (Lipinski definition) is 3. The van der Waals surface area contributed by atoms with Gasteiger partial charge in [-0.3, -0.25) is 0 Å². The Morgan fingerprint density at radius 2 is 2.21 bits per heavy atom. The summed E-state index contributed by atoms with van der Waals surface area (Å²) in [5.74, 6) is 0.116. The van der Waals surface area contributed by atoms with E-state index in [1.807, 2.05) is 17.5 Å². The minimum atomic E-state index is -0.795. The lowest BCUT2D eigenvalue weighted by atomic mass is 9.96. The first kappa shape index (κ1) is 9.62. The third-order valence-electron chi connectivity index (χ3n) is 2.06. The second-order valence-corrected chi connectivity index (χ2v) is 4.84. The van der Waals surface area contributed by atoms with E-state index in [0.29, 0.717) is 6.42 Å². The van der Waals surface area contributed by atoms with Crippen LogP contribution in [-0.2, 0) is 4.87 Å². The van der Waals surface area contributed by atoms with Crippen molar-refractivity contribution in [2.24, 2.45) is 0 Å². The number of aliphatic hydroxyl groups excluding tert-OH is 2. The van der Waals surface area contributed by atoms with Crippen molar-refractivity contribution in [1.82, 2.24) is 0 Å². The van der Waals surface area contributed by atoms with Crippen LogP contribution in [0.4, 0.5) is 0 Å². The van der Waals surface area contributed by atoms with Crippen LogP contribution in [0.2, 0.25) is 0 Å². The second-order valence-electron chi connectivity index (χ2n) is 3.22. The first-order valence-electron chi connectivity index (χ1n) is 4.14. The summed E-state index contributed by atoms with van der Waals surface area (Å²) in [6.07, 6.45) is 3.19. The summed E-state index contributed by atoms with van der Waals surface area (Å²) in [4.78, 5) is 0.127. The molecule has 1 unspecified atom stereocenters. The summed E-state index contributed by atoms with van der Waals surface area (Å²) in [7, 11) is 0. The molecule has 4 heteroatoms. The molecule has 74 valence electrons. The van der Waals surface area contributed by atoms with Crippen molar-refractivity contribution in [3.8, 4) is 0 Å². The maximum atomic E-state index is 9.39. The van der Waals surface area contributed by atoms with Crippen LogP contribution in [0.5, 0.6) is 0 Å². The molecule has 1 heterocycles. The molecule has 0 aliphatic heterocycles. The van der Waals surface area contributed by atoms with Gasteiger partial charge in [0, 0.05) is 17.4 Å². The molecule has 14 heavy (non-hydrogen) atoms. The third-order valence-corrected chi connectivity index (χ3v) is 3.67. The third kappa shape index (κ3) is 1.65. The Morgan fingerprint density at radius 3 is 2.79 bits per heavy atom. The molecular formula is C10H9ClO2S. The average molecular weight is 229 g/mol. The lowest BCUT2D eigenvalue weighted by molar-refractivity contribution is 0.348. The highest BCUT2D eigenvalue weighted by atomic mass is 35.5. The van der Waals surface area contributed by atoms with E-state index in [0.717, 1.165) is 4.88 Å². The van der Waals surface area contributed by atoms with E-state index < -0.39 is 4.87 Å². The quantitative estimate of drug-likeness (QED) is 0.723. The lowest BCUT2D eigenvalue weighted by Gasteiger charge is -2.24. The zero-order chi connectivity index (χ0) is 10.2. The molecule has 0 amide bonds. The fourth-order valence-corrected chi connectivity index (χ4v) is 2.72. The number of allylic oxidation sites excluding steroid dienone is 3. The van der Waals surface area contributed by atoms with Crippen LogP contribution in [0.25, 0.3) is 0 Å². The predicted octanol–water partition coefficient (Wildman–Crippen LogP) is 3.47. The Morgan fingerprint density at radius 1 is 1.43 bits per heavy atom. The zero-order valence-corrected chi connectivity index (χ0v) is 8.85. The van der Waals surface area contributed by atoms with Crippen molar-refractivity contribution in [3.63, 3.8) is 0 Å². The zero-order valence-electron chi connectivity index (χ0n) is 7.27. The Hall–Kier alpha value is -0.930. The van der Waals surface area contributed by atoms with Crippen LogP contribution in [0.15, 0.2) is 41.2 Å². The van der Waals surface area contributed by atoms with Gasteiger partial charge in [-0.25, -0.2) is 0 Å². The van der Waals surface area contributed by atoms with Crippen molar-refractivity contribution >= 4 is 22.9 Å². The van der Waals surface area contributed by atoms with Crippen LogP contribution in [0.1, 0.15) is 11.3 Å². The van der Waals surface area contributed by atoms with Crippen molar-refractivity contribution in [3.05, 3.63) is 46.1 Å². The minimum absolute atomic E-state index is 0.0113. The molecule has 1 aliphatic carbocycles. The summed E-state index contributed by atoms with van der Waals surface area (Å²) in [5.41, 5.74) is 0. The highest BCUT2D eigenvalue weighted by molar-refractivity contribution is 7.10. The molecule has 2 rings (SSSR count). The van der Waals surface area contributed by atoms with Gasteiger partial charge >= 0.3 is 0 Å². The van der Waals surface area contributed by atoms with Gasteiger partial charge in [0.05, 0.1) is 5.76 Å². The van der Waals surface area contributed by atoms with Crippen molar-refractivity contribution in [2.75, 3.05) is 0 Å². The standard InChI is InChI=1S/C10H9ClO2S/c11-10(9-2-1-3-14-9)5-7(12)4-8(13)6-10/h1-5,12-13H,6H2. The molecule has 1 aromatic heterocycles. The smallest absolute Gasteiger partial charge is 0.117 e. The van der Waals surface area contributed by atoms with E-state index in [9.17, 15) is 10.2 Å². The molecule has 0 saturated heterocycles. The first-order valence-corrected chi connectivity index (χ1v) is 5.40. The normalized spacial score (nSPS) is 26.9. The molecule has 0 saturated carbocycles. The number of thiophene rings is 1. The van der Waals surface area contributed by atoms with Gasteiger partial charge in [0.25, 0.3) is 0 Å². The van der Waals surface area contributed by atoms with Gasteiger partial charge in [-0.1, -0.05) is 6.07 Å². The molecule has 0 bridgehead atoms. The number of rotatable bonds is 1. The van der Waals surface area contributed by atoms with E-state index in [4.69, 9.17) is 11.6 Å². The van der Waals surface area contributed by atoms with Crippen LogP contribution >= 0.6 is 22.9 Å². The maximum absolute atomic E-state index is 9.39. The summed E-state index contributed by atoms with van der Waals surface area (Å²) in [6, 6.07) is 3.78. The molecule has 0 aromatic carbocycles. The molecule has 1 aliphatic rings. The number of aliphatic hydroxyl groups is 2. The van der Waals surface area contributed by atoms with Gasteiger partial charge in [-0.15, -0.1) is 22.9 Å². The topological polar surface area (TPSA) is 40.5 Å². The molecule has 0 radical (unpaired) electrons. The highest BCUT2D eigenvalue weighted by Gasteiger charge is 2.32. The predicted molar refractivity (Wildman–Crippen MR) is 57.9 cm³/mol. The van der Waals surface area contributed by atoms with Crippen LogP contribution in [0, 0.1) is 0 Å². The van der Waals surface area contributed by atoms with E-state index in [2.05, 4.69) is 0 Å². The molecule has 0 spiro atoms. The van der Waals surface area contributed by atoms with Crippen LogP contribution in [-0.4, -0.2) is 10.2 Å². The lowest BCUT2D eigenvalue weighted by Crippen LogP contribution is -2.18. The summed E-state index contributed by atoms with van der Waals surface area (Å²) < 4.78 is 0. The summed E-state index contributed by atoms with van der Waals surface area (Å²) in [6.45, 7) is 0. The van der Waals surface area contributed by atoms with Gasteiger partial charge in [0.2, 0.25) is 0 Å². The average Bonchev–Trinajstić information content (AvgIpc) is 2.52. The number of hydrogen-bond donors (Lipinski definition) is 2. The molecule has 0 fully saturated rings. The van der Waals surface area contributed by atoms with E-state index >= 15 is 0 Å². The summed E-state index contributed by atoms with van der Waals surface area (Å²) in [5, 5.41) is 20.7. The molecule has 2 N–H and O–H groups in total. The molecular weight excluding hydrogens is 220 g/mol. The van der Waals surface area contributed by atoms with Gasteiger partial charge < -0.3 is 10.2 Å². The Bertz CT molecular complexity index is 394. The van der Waals surface area contributed by atoms with E-state index in [-0.39, 0.29) is 11.5 Å². The summed E-state index contributed by atoms with van der Waals surface area (Å²) >= 11 is 7.81. The monoisotopic (exact) mass is 228 g/mol. The van der Waals surface area contributed by atoms with Crippen molar-refractivity contribution in [2.45, 2.75) is 11.3 Å². The van der Waals surface area contributed by atoms with E-state index in [1.165, 1.54) is 17.4 Å². The Kier molecular flexibility index (Phi) is 2.29. The van der Waals surface area contributed by atoms with Gasteiger partial charge in [-0.2, -0.15) is 0 Å². The van der Waals surface area contributed by atoms with Gasteiger partial charge in [0.15, 0.2) is 0 Å². The Balaban J connectivity index is 2.40. The number of halogens is 1. The SMILES string of the molecule is OC1=CC(Cl)(c2cccs2)CC(O)=C1. The van der Waals surface area contributed by atoms with Gasteiger partial charge in [-0.05, 0) is 17.5 Å².